The molecular weight excluding hydrogens is 410 g/mol. The molecular formula is C23H29N5O4. The van der Waals surface area contributed by atoms with Crippen LogP contribution in [0.25, 0.3) is 10.9 Å². The molecule has 0 bridgehead atoms. The number of ether oxygens (including phenoxy) is 1. The number of piperazine rings is 1. The van der Waals surface area contributed by atoms with Gasteiger partial charge in [-0.15, -0.1) is 0 Å². The quantitative estimate of drug-likeness (QED) is 0.607. The summed E-state index contributed by atoms with van der Waals surface area (Å²) in [7, 11) is 3.62. The fourth-order valence-corrected chi connectivity index (χ4v) is 3.90. The molecule has 1 aliphatic heterocycles. The number of nitrogens with zero attached hydrogens (tertiary/aromatic N) is 4. The summed E-state index contributed by atoms with van der Waals surface area (Å²) in [6.45, 7) is 5.14. The van der Waals surface area contributed by atoms with Gasteiger partial charge < -0.3 is 25.0 Å². The van der Waals surface area contributed by atoms with Gasteiger partial charge in [-0.05, 0) is 31.2 Å². The average Bonchev–Trinajstić information content (AvgIpc) is 3.12. The van der Waals surface area contributed by atoms with E-state index in [1.807, 2.05) is 34.8 Å². The van der Waals surface area contributed by atoms with Gasteiger partial charge >= 0.3 is 6.03 Å². The van der Waals surface area contributed by atoms with Gasteiger partial charge in [0.25, 0.3) is 6.47 Å². The van der Waals surface area contributed by atoms with Crippen LogP contribution in [0.4, 0.5) is 10.5 Å². The SMILES string of the molecule is COc1ccccc1N1CCN(C(=O)NCc2nn(C)c3ccc(C)cc23)CC1.O=CO. The number of carboxylic acid groups (broad SMARTS) is 1. The minimum atomic E-state index is -0.250. The van der Waals surface area contributed by atoms with Crippen molar-refractivity contribution >= 4 is 29.1 Å². The number of nitrogens with one attached hydrogen (secondary N) is 1. The lowest BCUT2D eigenvalue weighted by molar-refractivity contribution is -0.122. The molecule has 170 valence electrons. The molecule has 0 unspecified atom stereocenters. The Morgan fingerprint density at radius 1 is 1.19 bits per heavy atom. The lowest BCUT2D eigenvalue weighted by atomic mass is 10.1. The molecule has 1 aromatic heterocycles. The van der Waals surface area contributed by atoms with Gasteiger partial charge in [0.05, 0.1) is 30.6 Å². The predicted molar refractivity (Wildman–Crippen MR) is 123 cm³/mol. The Balaban J connectivity index is 0.000000913. The summed E-state index contributed by atoms with van der Waals surface area (Å²) in [6.07, 6.45) is 0. The largest absolute Gasteiger partial charge is 0.495 e. The first kappa shape index (κ1) is 22.9. The predicted octanol–water partition coefficient (Wildman–Crippen LogP) is 2.62. The molecule has 2 N–H and O–H groups in total. The molecule has 1 saturated heterocycles. The zero-order valence-electron chi connectivity index (χ0n) is 18.6. The van der Waals surface area contributed by atoms with Crippen molar-refractivity contribution in [3.8, 4) is 5.75 Å². The lowest BCUT2D eigenvalue weighted by Crippen LogP contribution is -2.51. The van der Waals surface area contributed by atoms with Gasteiger partial charge in [-0.25, -0.2) is 4.79 Å². The molecule has 3 aromatic rings. The maximum atomic E-state index is 12.7. The molecule has 0 spiro atoms. The van der Waals surface area contributed by atoms with Crippen molar-refractivity contribution in [1.82, 2.24) is 20.0 Å². The second-order valence-corrected chi connectivity index (χ2v) is 7.50. The van der Waals surface area contributed by atoms with Crippen molar-refractivity contribution in [2.24, 2.45) is 7.05 Å². The highest BCUT2D eigenvalue weighted by molar-refractivity contribution is 5.83. The van der Waals surface area contributed by atoms with Gasteiger partial charge in [-0.2, -0.15) is 5.10 Å². The number of rotatable bonds is 4. The number of carbonyl (C=O) groups excluding carboxylic acids is 1. The van der Waals surface area contributed by atoms with Crippen LogP contribution < -0.4 is 15.0 Å². The summed E-state index contributed by atoms with van der Waals surface area (Å²) in [5.41, 5.74) is 4.23. The van der Waals surface area contributed by atoms with Crippen molar-refractivity contribution < 1.29 is 19.4 Å². The van der Waals surface area contributed by atoms with Gasteiger partial charge in [-0.1, -0.05) is 23.8 Å². The smallest absolute Gasteiger partial charge is 0.317 e. The molecule has 2 aromatic carbocycles. The van der Waals surface area contributed by atoms with E-state index in [0.717, 1.165) is 41.1 Å². The summed E-state index contributed by atoms with van der Waals surface area (Å²) in [5.74, 6) is 0.864. The van der Waals surface area contributed by atoms with E-state index in [1.54, 1.807) is 7.11 Å². The van der Waals surface area contributed by atoms with Crippen LogP contribution in [0, 0.1) is 6.92 Å². The van der Waals surface area contributed by atoms with Crippen LogP contribution in [0.5, 0.6) is 5.75 Å². The van der Waals surface area contributed by atoms with Crippen LogP contribution in [0.1, 0.15) is 11.3 Å². The number of benzene rings is 2. The number of methoxy groups -OCH3 is 1. The number of anilines is 1. The Labute approximate surface area is 187 Å². The maximum Gasteiger partial charge on any atom is 0.317 e. The summed E-state index contributed by atoms with van der Waals surface area (Å²) in [6, 6.07) is 14.2. The Kier molecular flexibility index (Phi) is 7.54. The second-order valence-electron chi connectivity index (χ2n) is 7.50. The fourth-order valence-electron chi connectivity index (χ4n) is 3.90. The molecule has 1 aliphatic rings. The number of aromatic nitrogens is 2. The minimum absolute atomic E-state index is 0.0452. The second kappa shape index (κ2) is 10.5. The van der Waals surface area contributed by atoms with E-state index in [4.69, 9.17) is 14.6 Å². The zero-order valence-corrected chi connectivity index (χ0v) is 18.6. The summed E-state index contributed by atoms with van der Waals surface area (Å²) < 4.78 is 7.33. The van der Waals surface area contributed by atoms with E-state index in [0.29, 0.717) is 19.6 Å². The Hall–Kier alpha value is -3.75. The van der Waals surface area contributed by atoms with E-state index >= 15 is 0 Å². The third kappa shape index (κ3) is 5.11. The number of para-hydroxylation sites is 2. The molecule has 2 heterocycles. The number of amides is 2. The molecule has 0 saturated carbocycles. The molecule has 9 nitrogen and oxygen atoms in total. The first-order valence-corrected chi connectivity index (χ1v) is 10.4. The summed E-state index contributed by atoms with van der Waals surface area (Å²) in [5, 5.41) is 15.6. The fraction of sp³-hybridized carbons (Fsp3) is 0.348. The van der Waals surface area contributed by atoms with Gasteiger partial charge in [0.1, 0.15) is 5.75 Å². The molecule has 1 fully saturated rings. The van der Waals surface area contributed by atoms with Crippen molar-refractivity contribution in [1.29, 1.82) is 0 Å². The van der Waals surface area contributed by atoms with E-state index in [-0.39, 0.29) is 12.5 Å². The number of hydrogen-bond donors (Lipinski definition) is 2. The third-order valence-corrected chi connectivity index (χ3v) is 5.48. The highest BCUT2D eigenvalue weighted by Gasteiger charge is 2.23. The van der Waals surface area contributed by atoms with Crippen molar-refractivity contribution in [2.75, 3.05) is 38.2 Å². The minimum Gasteiger partial charge on any atom is -0.495 e. The Bertz CT molecular complexity index is 1070. The van der Waals surface area contributed by atoms with E-state index in [2.05, 4.69) is 46.5 Å². The van der Waals surface area contributed by atoms with Crippen LogP contribution in [-0.4, -0.2) is 65.6 Å². The van der Waals surface area contributed by atoms with Crippen molar-refractivity contribution in [3.63, 3.8) is 0 Å². The summed E-state index contributed by atoms with van der Waals surface area (Å²) >= 11 is 0. The molecule has 0 aliphatic carbocycles. The van der Waals surface area contributed by atoms with Crippen LogP contribution in [0.15, 0.2) is 42.5 Å². The third-order valence-electron chi connectivity index (χ3n) is 5.48. The van der Waals surface area contributed by atoms with Gasteiger partial charge in [0.2, 0.25) is 0 Å². The highest BCUT2D eigenvalue weighted by Crippen LogP contribution is 2.28. The summed E-state index contributed by atoms with van der Waals surface area (Å²) in [4.78, 5) is 25.2. The van der Waals surface area contributed by atoms with Gasteiger partial charge in [0.15, 0.2) is 0 Å². The molecule has 2 amide bonds. The number of hydrogen-bond acceptors (Lipinski definition) is 5. The maximum absolute atomic E-state index is 12.7. The number of urea groups is 1. The number of carbonyl (C=O) groups is 2. The van der Waals surface area contributed by atoms with Crippen LogP contribution in [-0.2, 0) is 18.4 Å². The first-order valence-electron chi connectivity index (χ1n) is 10.4. The zero-order chi connectivity index (χ0) is 23.1. The topological polar surface area (TPSA) is 99.9 Å². The molecule has 4 rings (SSSR count). The molecule has 32 heavy (non-hydrogen) atoms. The Morgan fingerprint density at radius 3 is 2.56 bits per heavy atom. The van der Waals surface area contributed by atoms with Gasteiger partial charge in [0, 0.05) is 38.6 Å². The highest BCUT2D eigenvalue weighted by atomic mass is 16.5. The van der Waals surface area contributed by atoms with Crippen LogP contribution >= 0.6 is 0 Å². The lowest BCUT2D eigenvalue weighted by Gasteiger charge is -2.36. The van der Waals surface area contributed by atoms with E-state index in [1.165, 1.54) is 5.56 Å². The van der Waals surface area contributed by atoms with E-state index < -0.39 is 0 Å². The normalized spacial score (nSPS) is 13.3. The molecule has 9 heteroatoms. The van der Waals surface area contributed by atoms with Crippen molar-refractivity contribution in [3.05, 3.63) is 53.7 Å². The molecule has 0 radical (unpaired) electrons. The number of aryl methyl sites for hydroxylation is 2. The number of fused-ring (bicyclic) bond motifs is 1. The van der Waals surface area contributed by atoms with Crippen LogP contribution in [0.2, 0.25) is 0 Å². The average molecular weight is 440 g/mol. The van der Waals surface area contributed by atoms with E-state index in [9.17, 15) is 4.79 Å². The standard InChI is InChI=1S/C22H27N5O2.CH2O2/c1-16-8-9-19-17(14-16)18(24-25(19)2)15-23-22(28)27-12-10-26(11-13-27)20-6-4-5-7-21(20)29-3;2-1-3/h4-9,14H,10-13,15H2,1-3H3,(H,23,28);1H,(H,2,3). The van der Waals surface area contributed by atoms with Crippen LogP contribution in [0.3, 0.4) is 0 Å². The van der Waals surface area contributed by atoms with Crippen molar-refractivity contribution in [2.45, 2.75) is 13.5 Å². The molecule has 0 atom stereocenters. The first-order chi connectivity index (χ1) is 15.5. The monoisotopic (exact) mass is 439 g/mol. The Morgan fingerprint density at radius 2 is 1.88 bits per heavy atom. The van der Waals surface area contributed by atoms with Gasteiger partial charge in [-0.3, -0.25) is 9.48 Å².